The summed E-state index contributed by atoms with van der Waals surface area (Å²) < 4.78 is 0. The molecule has 3 aliphatic heterocycles. The first-order valence-electron chi connectivity index (χ1n) is 10.4. The first kappa shape index (κ1) is 18.0. The number of rotatable bonds is 3. The molecule has 4 heterocycles. The maximum Gasteiger partial charge on any atom is 0.328 e. The van der Waals surface area contributed by atoms with Gasteiger partial charge in [-0.15, -0.1) is 0 Å². The van der Waals surface area contributed by atoms with E-state index < -0.39 is 6.04 Å². The highest BCUT2D eigenvalue weighted by molar-refractivity contribution is 5.91. The molecule has 3 N–H and O–H groups in total. The first-order valence-corrected chi connectivity index (χ1v) is 10.4. The van der Waals surface area contributed by atoms with Gasteiger partial charge in [0.2, 0.25) is 5.91 Å². The first-order chi connectivity index (χ1) is 14.2. The van der Waals surface area contributed by atoms with Crippen LogP contribution in [-0.2, 0) is 4.79 Å². The summed E-state index contributed by atoms with van der Waals surface area (Å²) in [5.41, 5.74) is 0.972. The van der Waals surface area contributed by atoms with E-state index in [0.29, 0.717) is 11.6 Å². The number of dihydropyridines is 1. The van der Waals surface area contributed by atoms with E-state index in [4.69, 9.17) is 0 Å². The Morgan fingerprint density at radius 3 is 2.83 bits per heavy atom. The Morgan fingerprint density at radius 2 is 2.03 bits per heavy atom. The van der Waals surface area contributed by atoms with E-state index in [1.807, 2.05) is 24.3 Å². The molecule has 1 unspecified atom stereocenters. The fourth-order valence-corrected chi connectivity index (χ4v) is 4.73. The van der Waals surface area contributed by atoms with Gasteiger partial charge in [0.15, 0.2) is 0 Å². The van der Waals surface area contributed by atoms with Crippen molar-refractivity contribution in [1.82, 2.24) is 25.4 Å². The number of urea groups is 1. The van der Waals surface area contributed by atoms with Crippen molar-refractivity contribution in [3.05, 3.63) is 48.1 Å². The van der Waals surface area contributed by atoms with E-state index in [9.17, 15) is 9.59 Å². The van der Waals surface area contributed by atoms with E-state index in [2.05, 4.69) is 25.8 Å². The van der Waals surface area contributed by atoms with Crippen LogP contribution in [-0.4, -0.2) is 57.9 Å². The summed E-state index contributed by atoms with van der Waals surface area (Å²) >= 11 is 0. The highest BCUT2D eigenvalue weighted by Gasteiger charge is 2.42. The minimum atomic E-state index is -0.474. The zero-order valence-electron chi connectivity index (χ0n) is 16.3. The minimum Gasteiger partial charge on any atom is -0.366 e. The lowest BCUT2D eigenvalue weighted by Gasteiger charge is -2.41. The van der Waals surface area contributed by atoms with Crippen molar-refractivity contribution < 1.29 is 9.59 Å². The summed E-state index contributed by atoms with van der Waals surface area (Å²) in [5.74, 6) is 1.20. The lowest BCUT2D eigenvalue weighted by molar-refractivity contribution is -0.122. The predicted octanol–water partition coefficient (Wildman–Crippen LogP) is 1.76. The number of hydrogen-bond acceptors (Lipinski definition) is 5. The topological polar surface area (TPSA) is 89.6 Å². The molecule has 29 heavy (non-hydrogen) atoms. The molecule has 8 nitrogen and oxygen atoms in total. The van der Waals surface area contributed by atoms with Crippen molar-refractivity contribution in [2.24, 2.45) is 0 Å². The highest BCUT2D eigenvalue weighted by Crippen LogP contribution is 2.33. The van der Waals surface area contributed by atoms with Crippen LogP contribution in [0.2, 0.25) is 0 Å². The number of anilines is 1. The summed E-state index contributed by atoms with van der Waals surface area (Å²) in [6.07, 6.45) is 10.9. The summed E-state index contributed by atoms with van der Waals surface area (Å²) in [7, 11) is 0. The second-order valence-corrected chi connectivity index (χ2v) is 8.11. The van der Waals surface area contributed by atoms with Gasteiger partial charge in [0, 0.05) is 25.3 Å². The van der Waals surface area contributed by atoms with Crippen LogP contribution in [0.3, 0.4) is 0 Å². The molecule has 8 heteroatoms. The molecule has 1 saturated heterocycles. The molecule has 1 saturated carbocycles. The van der Waals surface area contributed by atoms with Gasteiger partial charge in [-0.25, -0.2) is 9.78 Å². The maximum atomic E-state index is 13.1. The fourth-order valence-electron chi connectivity index (χ4n) is 4.73. The Labute approximate surface area is 170 Å². The van der Waals surface area contributed by atoms with Crippen molar-refractivity contribution in [3.63, 3.8) is 0 Å². The van der Waals surface area contributed by atoms with Crippen molar-refractivity contribution in [2.45, 2.75) is 50.2 Å². The molecular weight excluding hydrogens is 368 g/mol. The standard InChI is InChI=1S/C21H26N6O2/c28-20(23-14-5-1-2-6-14)16-8-9-17-19(24-16)27(15-10-12-26(17)13-15)21(29)25-18-7-3-4-11-22-18/h3-4,7-9,11,14-16,24H,1-2,5-6,10,12-13H2,(H,23,28)(H,22,25,29)/t15-,16?/m0/s1. The van der Waals surface area contributed by atoms with Crippen molar-refractivity contribution in [2.75, 3.05) is 18.4 Å². The van der Waals surface area contributed by atoms with Gasteiger partial charge in [-0.05, 0) is 37.5 Å². The molecule has 1 aromatic heterocycles. The molecule has 4 aliphatic rings. The third kappa shape index (κ3) is 3.43. The summed E-state index contributed by atoms with van der Waals surface area (Å²) in [4.78, 5) is 34.2. The number of carbonyl (C=O) groups is 2. The number of amides is 3. The van der Waals surface area contributed by atoms with Gasteiger partial charge in [-0.3, -0.25) is 15.0 Å². The smallest absolute Gasteiger partial charge is 0.328 e. The maximum absolute atomic E-state index is 13.1. The lowest BCUT2D eigenvalue weighted by Crippen LogP contribution is -2.56. The molecule has 0 aromatic carbocycles. The molecule has 2 fully saturated rings. The average Bonchev–Trinajstić information content (AvgIpc) is 3.39. The van der Waals surface area contributed by atoms with Crippen molar-refractivity contribution in [1.29, 1.82) is 0 Å². The van der Waals surface area contributed by atoms with Crippen LogP contribution in [0.1, 0.15) is 32.1 Å². The molecule has 0 spiro atoms. The molecule has 152 valence electrons. The summed E-state index contributed by atoms with van der Waals surface area (Å²) in [6, 6.07) is 5.07. The summed E-state index contributed by atoms with van der Waals surface area (Å²) in [6.45, 7) is 1.71. The zero-order valence-corrected chi connectivity index (χ0v) is 16.3. The number of allylic oxidation sites excluding steroid dienone is 1. The van der Waals surface area contributed by atoms with Gasteiger partial charge in [-0.2, -0.15) is 0 Å². The number of hydrogen-bond donors (Lipinski definition) is 3. The molecule has 0 radical (unpaired) electrons. The van der Waals surface area contributed by atoms with Crippen molar-refractivity contribution >= 4 is 17.8 Å². The average molecular weight is 394 g/mol. The molecule has 1 aliphatic carbocycles. The molecule has 2 bridgehead atoms. The molecule has 3 amide bonds. The lowest BCUT2D eigenvalue weighted by atomic mass is 10.1. The van der Waals surface area contributed by atoms with Crippen LogP contribution in [0.25, 0.3) is 0 Å². The van der Waals surface area contributed by atoms with Gasteiger partial charge in [0.1, 0.15) is 17.7 Å². The van der Waals surface area contributed by atoms with Crippen molar-refractivity contribution in [3.8, 4) is 0 Å². The number of aromatic nitrogens is 1. The van der Waals surface area contributed by atoms with Crippen LogP contribution < -0.4 is 16.0 Å². The molecule has 5 rings (SSSR count). The third-order valence-electron chi connectivity index (χ3n) is 6.19. The molecule has 2 atom stereocenters. The monoisotopic (exact) mass is 394 g/mol. The van der Waals surface area contributed by atoms with Gasteiger partial charge >= 0.3 is 6.03 Å². The van der Waals surface area contributed by atoms with Crippen LogP contribution in [0.4, 0.5) is 10.6 Å². The Morgan fingerprint density at radius 1 is 1.17 bits per heavy atom. The largest absolute Gasteiger partial charge is 0.366 e. The Bertz CT molecular complexity index is 861. The summed E-state index contributed by atoms with van der Waals surface area (Å²) in [5, 5.41) is 9.37. The van der Waals surface area contributed by atoms with Crippen LogP contribution in [0.15, 0.2) is 48.1 Å². The number of carbonyl (C=O) groups excluding carboxylic acids is 2. The Hall–Kier alpha value is -3.03. The number of nitrogens with zero attached hydrogens (tertiary/aromatic N) is 3. The predicted molar refractivity (Wildman–Crippen MR) is 109 cm³/mol. The second-order valence-electron chi connectivity index (χ2n) is 8.11. The normalized spacial score (nSPS) is 25.7. The van der Waals surface area contributed by atoms with E-state index >= 15 is 0 Å². The van der Waals surface area contributed by atoms with Gasteiger partial charge < -0.3 is 15.5 Å². The Kier molecular flexibility index (Phi) is 4.61. The number of fused-ring (bicyclic) bond motifs is 3. The fraction of sp³-hybridized carbons (Fsp3) is 0.476. The van der Waals surface area contributed by atoms with E-state index in [1.165, 1.54) is 12.8 Å². The number of nitrogens with one attached hydrogen (secondary N) is 3. The Balaban J connectivity index is 1.35. The van der Waals surface area contributed by atoms with Gasteiger partial charge in [0.25, 0.3) is 0 Å². The second kappa shape index (κ2) is 7.42. The van der Waals surface area contributed by atoms with Crippen LogP contribution in [0, 0.1) is 0 Å². The van der Waals surface area contributed by atoms with E-state index in [1.54, 1.807) is 17.2 Å². The minimum absolute atomic E-state index is 0.0299. The highest BCUT2D eigenvalue weighted by atomic mass is 16.2. The number of pyridine rings is 1. The van der Waals surface area contributed by atoms with Gasteiger partial charge in [0.05, 0.1) is 11.7 Å². The SMILES string of the molecule is O=C(NC1CCCC1)C1C=CC2=C(N1)N(C(=O)Nc1ccccn1)[C@H]1CCN2C1. The molecule has 1 aromatic rings. The molecular formula is C21H26N6O2. The zero-order chi connectivity index (χ0) is 19.8. The van der Waals surface area contributed by atoms with Crippen LogP contribution >= 0.6 is 0 Å². The quantitative estimate of drug-likeness (QED) is 0.727. The van der Waals surface area contributed by atoms with Crippen LogP contribution in [0.5, 0.6) is 0 Å². The van der Waals surface area contributed by atoms with E-state index in [-0.39, 0.29) is 24.0 Å². The van der Waals surface area contributed by atoms with Gasteiger partial charge in [-0.1, -0.05) is 25.0 Å². The third-order valence-corrected chi connectivity index (χ3v) is 6.19. The van der Waals surface area contributed by atoms with E-state index in [0.717, 1.165) is 38.0 Å².